The van der Waals surface area contributed by atoms with Crippen molar-refractivity contribution < 1.29 is 19.1 Å². The molecule has 0 radical (unpaired) electrons. The van der Waals surface area contributed by atoms with Crippen LogP contribution in [0.5, 0.6) is 5.75 Å². The van der Waals surface area contributed by atoms with Crippen LogP contribution in [0.2, 0.25) is 0 Å². The number of piperidine rings is 1. The number of carbonyl (C=O) groups is 2. The van der Waals surface area contributed by atoms with Crippen LogP contribution in [0.15, 0.2) is 29.8 Å². The van der Waals surface area contributed by atoms with Crippen molar-refractivity contribution in [1.29, 1.82) is 5.26 Å². The number of hydrogen-bond donors (Lipinski definition) is 0. The maximum atomic E-state index is 12.0. The molecule has 1 fully saturated rings. The predicted octanol–water partition coefficient (Wildman–Crippen LogP) is 2.55. The first-order valence-corrected chi connectivity index (χ1v) is 8.43. The van der Waals surface area contributed by atoms with Crippen molar-refractivity contribution in [2.45, 2.75) is 26.2 Å². The van der Waals surface area contributed by atoms with Crippen molar-refractivity contribution in [2.24, 2.45) is 0 Å². The van der Waals surface area contributed by atoms with Crippen molar-refractivity contribution in [3.8, 4) is 11.8 Å². The average molecular weight is 342 g/mol. The first-order chi connectivity index (χ1) is 12.1. The highest BCUT2D eigenvalue weighted by atomic mass is 16.5. The summed E-state index contributed by atoms with van der Waals surface area (Å²) in [6.07, 6.45) is 4.50. The summed E-state index contributed by atoms with van der Waals surface area (Å²) in [5, 5.41) is 9.17. The number of likely N-dealkylation sites (tertiary alicyclic amines) is 1. The molecule has 1 amide bonds. The highest BCUT2D eigenvalue weighted by Crippen LogP contribution is 2.15. The van der Waals surface area contributed by atoms with Gasteiger partial charge in [-0.05, 0) is 50.0 Å². The van der Waals surface area contributed by atoms with Gasteiger partial charge in [0.25, 0.3) is 5.91 Å². The number of benzene rings is 1. The molecular formula is C19H22N2O4. The lowest BCUT2D eigenvalue weighted by Gasteiger charge is -2.26. The second kappa shape index (κ2) is 9.48. The molecule has 6 nitrogen and oxygen atoms in total. The van der Waals surface area contributed by atoms with Crippen molar-refractivity contribution in [3.05, 3.63) is 35.4 Å². The summed E-state index contributed by atoms with van der Waals surface area (Å²) in [6.45, 7) is 3.52. The van der Waals surface area contributed by atoms with E-state index in [0.717, 1.165) is 19.3 Å². The average Bonchev–Trinajstić information content (AvgIpc) is 2.66. The van der Waals surface area contributed by atoms with Gasteiger partial charge in [0, 0.05) is 13.1 Å². The molecule has 2 rings (SSSR count). The van der Waals surface area contributed by atoms with E-state index in [1.165, 1.54) is 6.08 Å². The number of esters is 1. The van der Waals surface area contributed by atoms with Crippen molar-refractivity contribution >= 4 is 18.0 Å². The zero-order chi connectivity index (χ0) is 18.1. The third kappa shape index (κ3) is 5.64. The third-order valence-corrected chi connectivity index (χ3v) is 3.88. The van der Waals surface area contributed by atoms with Crippen LogP contribution in [-0.4, -0.2) is 43.1 Å². The summed E-state index contributed by atoms with van der Waals surface area (Å²) < 4.78 is 10.3. The van der Waals surface area contributed by atoms with Gasteiger partial charge in [-0.15, -0.1) is 0 Å². The molecule has 0 unspecified atom stereocenters. The standard InChI is InChI=1S/C19H22N2O4/c1-2-24-17-8-6-15(7-9-17)12-16(13-20)19(23)25-14-18(22)21-10-4-3-5-11-21/h6-9,12H,2-5,10-11,14H2,1H3/b16-12+. The van der Waals surface area contributed by atoms with Crippen LogP contribution in [0.1, 0.15) is 31.7 Å². The molecule has 25 heavy (non-hydrogen) atoms. The fraction of sp³-hybridized carbons (Fsp3) is 0.421. The number of nitrogens with zero attached hydrogens (tertiary/aromatic N) is 2. The number of hydrogen-bond acceptors (Lipinski definition) is 5. The van der Waals surface area contributed by atoms with E-state index in [1.54, 1.807) is 29.2 Å². The Bertz CT molecular complexity index is 668. The Labute approximate surface area is 147 Å². The van der Waals surface area contributed by atoms with E-state index in [0.29, 0.717) is 31.0 Å². The van der Waals surface area contributed by atoms with Gasteiger partial charge >= 0.3 is 5.97 Å². The van der Waals surface area contributed by atoms with Crippen LogP contribution in [0, 0.1) is 11.3 Å². The molecule has 1 heterocycles. The zero-order valence-electron chi connectivity index (χ0n) is 14.4. The number of ether oxygens (including phenoxy) is 2. The Hall–Kier alpha value is -2.81. The third-order valence-electron chi connectivity index (χ3n) is 3.88. The Morgan fingerprint density at radius 2 is 1.88 bits per heavy atom. The van der Waals surface area contributed by atoms with Crippen LogP contribution < -0.4 is 4.74 Å². The summed E-state index contributed by atoms with van der Waals surface area (Å²) in [5.74, 6) is -0.291. The Morgan fingerprint density at radius 3 is 2.48 bits per heavy atom. The van der Waals surface area contributed by atoms with E-state index < -0.39 is 5.97 Å². The van der Waals surface area contributed by atoms with Gasteiger partial charge in [-0.1, -0.05) is 12.1 Å². The molecule has 1 aliphatic heterocycles. The Balaban J connectivity index is 1.93. The maximum absolute atomic E-state index is 12.0. The Kier molecular flexibility index (Phi) is 7.02. The quantitative estimate of drug-likeness (QED) is 0.451. The van der Waals surface area contributed by atoms with Crippen LogP contribution in [0.4, 0.5) is 0 Å². The van der Waals surface area contributed by atoms with Gasteiger partial charge in [-0.2, -0.15) is 5.26 Å². The molecule has 1 aromatic carbocycles. The smallest absolute Gasteiger partial charge is 0.349 e. The fourth-order valence-corrected chi connectivity index (χ4v) is 2.57. The highest BCUT2D eigenvalue weighted by Gasteiger charge is 2.19. The van der Waals surface area contributed by atoms with E-state index in [9.17, 15) is 14.9 Å². The summed E-state index contributed by atoms with van der Waals surface area (Å²) in [6, 6.07) is 8.83. The molecule has 0 aliphatic carbocycles. The summed E-state index contributed by atoms with van der Waals surface area (Å²) in [5.41, 5.74) is 0.537. The lowest BCUT2D eigenvalue weighted by atomic mass is 10.1. The van der Waals surface area contributed by atoms with Crippen LogP contribution >= 0.6 is 0 Å². The molecule has 0 atom stereocenters. The molecule has 132 valence electrons. The van der Waals surface area contributed by atoms with E-state index >= 15 is 0 Å². The van der Waals surface area contributed by atoms with Crippen LogP contribution in [0.3, 0.4) is 0 Å². The molecule has 1 saturated heterocycles. The minimum absolute atomic E-state index is 0.143. The van der Waals surface area contributed by atoms with Crippen molar-refractivity contribution in [3.63, 3.8) is 0 Å². The predicted molar refractivity (Wildman–Crippen MR) is 92.6 cm³/mol. The molecule has 0 saturated carbocycles. The van der Waals surface area contributed by atoms with Gasteiger partial charge in [0.2, 0.25) is 0 Å². The monoisotopic (exact) mass is 342 g/mol. The lowest BCUT2D eigenvalue weighted by molar-refractivity contribution is -0.149. The normalized spacial score (nSPS) is 14.6. The van der Waals surface area contributed by atoms with Gasteiger partial charge in [0.15, 0.2) is 6.61 Å². The first kappa shape index (κ1) is 18.5. The van der Waals surface area contributed by atoms with Crippen molar-refractivity contribution in [1.82, 2.24) is 4.90 Å². The van der Waals surface area contributed by atoms with Crippen molar-refractivity contribution in [2.75, 3.05) is 26.3 Å². The van der Waals surface area contributed by atoms with E-state index in [-0.39, 0.29) is 18.1 Å². The molecule has 1 aromatic rings. The van der Waals surface area contributed by atoms with Gasteiger partial charge in [-0.3, -0.25) is 4.79 Å². The van der Waals surface area contributed by atoms with Gasteiger partial charge in [-0.25, -0.2) is 4.79 Å². The first-order valence-electron chi connectivity index (χ1n) is 8.43. The highest BCUT2D eigenvalue weighted by molar-refractivity contribution is 5.98. The van der Waals surface area contributed by atoms with Gasteiger partial charge in [0.1, 0.15) is 17.4 Å². The van der Waals surface area contributed by atoms with Gasteiger partial charge < -0.3 is 14.4 Å². The van der Waals surface area contributed by atoms with E-state index in [1.807, 2.05) is 13.0 Å². The maximum Gasteiger partial charge on any atom is 0.349 e. The molecule has 1 aliphatic rings. The topological polar surface area (TPSA) is 79.6 Å². The molecule has 6 heteroatoms. The fourth-order valence-electron chi connectivity index (χ4n) is 2.57. The molecule has 0 bridgehead atoms. The minimum Gasteiger partial charge on any atom is -0.494 e. The Morgan fingerprint density at radius 1 is 1.20 bits per heavy atom. The van der Waals surface area contributed by atoms with E-state index in [4.69, 9.17) is 9.47 Å². The van der Waals surface area contributed by atoms with Gasteiger partial charge in [0.05, 0.1) is 6.61 Å². The number of nitriles is 1. The molecular weight excluding hydrogens is 320 g/mol. The van der Waals surface area contributed by atoms with Crippen LogP contribution in [-0.2, 0) is 14.3 Å². The number of amides is 1. The zero-order valence-corrected chi connectivity index (χ0v) is 14.4. The SMILES string of the molecule is CCOc1ccc(/C=C(\C#N)C(=O)OCC(=O)N2CCCCC2)cc1. The summed E-state index contributed by atoms with van der Waals surface area (Å²) in [7, 11) is 0. The summed E-state index contributed by atoms with van der Waals surface area (Å²) >= 11 is 0. The second-order valence-electron chi connectivity index (χ2n) is 5.69. The lowest BCUT2D eigenvalue weighted by Crippen LogP contribution is -2.38. The molecule has 0 aromatic heterocycles. The van der Waals surface area contributed by atoms with Crippen LogP contribution in [0.25, 0.3) is 6.08 Å². The number of rotatable bonds is 6. The minimum atomic E-state index is -0.790. The van der Waals surface area contributed by atoms with E-state index in [2.05, 4.69) is 0 Å². The summed E-state index contributed by atoms with van der Waals surface area (Å²) in [4.78, 5) is 25.7. The molecule has 0 N–H and O–H groups in total. The largest absolute Gasteiger partial charge is 0.494 e. The second-order valence-corrected chi connectivity index (χ2v) is 5.69. The number of carbonyl (C=O) groups excluding carboxylic acids is 2. The molecule has 0 spiro atoms.